The Hall–Kier alpha value is -2.34. The number of ether oxygens (including phenoxy) is 1. The molecule has 1 aliphatic carbocycles. The number of H-pyrrole nitrogens is 1. The van der Waals surface area contributed by atoms with Crippen LogP contribution in [0.5, 0.6) is 0 Å². The van der Waals surface area contributed by atoms with Crippen molar-refractivity contribution in [3.63, 3.8) is 0 Å². The summed E-state index contributed by atoms with van der Waals surface area (Å²) >= 11 is 8.72. The van der Waals surface area contributed by atoms with Crippen molar-refractivity contribution in [3.8, 4) is 6.07 Å². The summed E-state index contributed by atoms with van der Waals surface area (Å²) in [4.78, 5) is 31.9. The number of rotatable bonds is 5. The van der Waals surface area contributed by atoms with E-state index in [-0.39, 0.29) is 60.0 Å². The number of imidazole rings is 1. The van der Waals surface area contributed by atoms with Gasteiger partial charge in [0.25, 0.3) is 5.56 Å². The van der Waals surface area contributed by atoms with E-state index in [2.05, 4.69) is 54.7 Å². The lowest BCUT2D eigenvalue weighted by atomic mass is 10.1. The summed E-state index contributed by atoms with van der Waals surface area (Å²) in [7, 11) is -2.71. The lowest BCUT2D eigenvalue weighted by molar-refractivity contribution is -0.0865. The number of fused-ring (bicyclic) bond motifs is 4. The van der Waals surface area contributed by atoms with Gasteiger partial charge in [0.05, 0.1) is 38.4 Å². The summed E-state index contributed by atoms with van der Waals surface area (Å²) in [5.74, 6) is -0.380. The van der Waals surface area contributed by atoms with E-state index in [0.717, 1.165) is 0 Å². The van der Waals surface area contributed by atoms with Crippen LogP contribution in [-0.2, 0) is 42.1 Å². The summed E-state index contributed by atoms with van der Waals surface area (Å²) < 4.78 is 67.0. The number of aromatic amines is 1. The van der Waals surface area contributed by atoms with Crippen LogP contribution in [0.15, 0.2) is 23.6 Å². The van der Waals surface area contributed by atoms with E-state index in [0.29, 0.717) is 12.2 Å². The molecule has 2 saturated heterocycles. The minimum atomic E-state index is -4.34. The molecule has 0 spiro atoms. The van der Waals surface area contributed by atoms with Crippen molar-refractivity contribution in [1.82, 2.24) is 29.5 Å². The van der Waals surface area contributed by atoms with E-state index in [1.54, 1.807) is 0 Å². The first kappa shape index (κ1) is 37.4. The van der Waals surface area contributed by atoms with Gasteiger partial charge in [-0.3, -0.25) is 27.9 Å². The highest BCUT2D eigenvalue weighted by Gasteiger charge is 2.60. The molecule has 50 heavy (non-hydrogen) atoms. The monoisotopic (exact) mass is 787 g/mol. The quantitative estimate of drug-likeness (QED) is 0.138. The molecular formula is C27H39N9O9P2S2Si. The summed E-state index contributed by atoms with van der Waals surface area (Å²) in [6.07, 6.45) is 1.80. The van der Waals surface area contributed by atoms with Crippen LogP contribution in [0.3, 0.4) is 0 Å². The van der Waals surface area contributed by atoms with Crippen LogP contribution in [0.1, 0.15) is 39.2 Å². The number of nitriles is 1. The molecule has 6 rings (SSSR count). The molecule has 8 atom stereocenters. The molecule has 1 saturated carbocycles. The molecule has 2 aliphatic heterocycles. The number of thiol groups is 2. The summed E-state index contributed by atoms with van der Waals surface area (Å²) in [5, 5.41) is 12.4. The van der Waals surface area contributed by atoms with Crippen molar-refractivity contribution in [2.45, 2.75) is 81.8 Å². The Morgan fingerprint density at radius 3 is 2.64 bits per heavy atom. The average molecular weight is 788 g/mol. The highest BCUT2D eigenvalue weighted by Crippen LogP contribution is 2.62. The summed E-state index contributed by atoms with van der Waals surface area (Å²) in [5.41, 5.74) is 3.66. The summed E-state index contributed by atoms with van der Waals surface area (Å²) in [6, 6.07) is 1.72. The molecule has 4 N–H and O–H groups in total. The minimum Gasteiger partial charge on any atom is -0.406 e. The van der Waals surface area contributed by atoms with Gasteiger partial charge in [-0.05, 0) is 31.0 Å². The maximum Gasteiger partial charge on any atom is 0.388 e. The second kappa shape index (κ2) is 13.6. The molecule has 23 heteroatoms. The fourth-order valence-electron chi connectivity index (χ4n) is 6.03. The van der Waals surface area contributed by atoms with E-state index in [4.69, 9.17) is 33.0 Å². The van der Waals surface area contributed by atoms with Crippen LogP contribution < -0.4 is 16.6 Å². The zero-order chi connectivity index (χ0) is 36.3. The molecule has 3 fully saturated rings. The fourth-order valence-corrected chi connectivity index (χ4v) is 10.6. The molecule has 5 heterocycles. The molecule has 272 valence electrons. The van der Waals surface area contributed by atoms with Gasteiger partial charge in [-0.2, -0.15) is 10.2 Å². The lowest BCUT2D eigenvalue weighted by Crippen LogP contribution is -2.56. The number of nitrogens with one attached hydrogen (secondary N) is 2. The Kier molecular flexibility index (Phi) is 10.2. The predicted molar refractivity (Wildman–Crippen MR) is 190 cm³/mol. The third kappa shape index (κ3) is 7.44. The molecule has 3 unspecified atom stereocenters. The maximum atomic E-state index is 14.4. The van der Waals surface area contributed by atoms with E-state index < -0.39 is 57.4 Å². The molecule has 3 aromatic heterocycles. The van der Waals surface area contributed by atoms with Crippen LogP contribution >= 0.6 is 38.1 Å². The van der Waals surface area contributed by atoms with Crippen LogP contribution in [0.4, 0.5) is 11.8 Å². The highest BCUT2D eigenvalue weighted by atomic mass is 32.7. The van der Waals surface area contributed by atoms with Crippen molar-refractivity contribution in [3.05, 3.63) is 34.8 Å². The largest absolute Gasteiger partial charge is 0.406 e. The lowest BCUT2D eigenvalue weighted by Gasteiger charge is -2.44. The third-order valence-electron chi connectivity index (χ3n) is 9.55. The molecule has 0 radical (unpaired) electrons. The van der Waals surface area contributed by atoms with Gasteiger partial charge in [0.2, 0.25) is 11.7 Å². The SMILES string of the molecule is CC(C)(C)[Si](C)(C)OC1[C@H]2COP(=O)(S)O[C@H]3C[C@H](Nc4ncncc4C#N)C[C@@H]3COP(=O)(S)O[C@]1(n1cnc3c(=O)[nH]c(N)nc31)CO2. The third-order valence-corrected chi connectivity index (χ3v) is 17.3. The first-order valence-corrected chi connectivity index (χ1v) is 24.0. The van der Waals surface area contributed by atoms with Crippen molar-refractivity contribution < 1.29 is 36.4 Å². The van der Waals surface area contributed by atoms with Gasteiger partial charge in [-0.25, -0.2) is 24.1 Å². The Morgan fingerprint density at radius 1 is 1.18 bits per heavy atom. The van der Waals surface area contributed by atoms with E-state index in [9.17, 15) is 19.2 Å². The Labute approximate surface area is 299 Å². The number of hydrogen-bond donors (Lipinski definition) is 5. The molecule has 0 amide bonds. The molecule has 3 aromatic rings. The first-order chi connectivity index (χ1) is 23.3. The van der Waals surface area contributed by atoms with Gasteiger partial charge in [0, 0.05) is 12.0 Å². The Balaban J connectivity index is 1.41. The van der Waals surface area contributed by atoms with Gasteiger partial charge in [-0.1, -0.05) is 45.3 Å². The standard InChI is InChI=1S/C27H39N9O9P2S2Si/c1-26(2,3)50(4,5)44-21-19-11-42-46(38,48)43-18-7-17(33-22-16(8-28)9-30-13-31-22)6-15(18)10-41-47(39,49)45-27(21,12-40-19)36-14-32-20-23(36)34-25(29)35-24(20)37/h9,13-15,17-19,21H,6-7,10-12H2,1-5H3,(H,38,48)(H,39,49)(H,30,31,33)(H3,29,34,35,37)/t15-,17-,18+,19-,21?,27-,46?,47?/m1/s1. The van der Waals surface area contributed by atoms with Crippen LogP contribution in [0.2, 0.25) is 18.1 Å². The zero-order valence-electron chi connectivity index (χ0n) is 27.9. The van der Waals surface area contributed by atoms with Crippen molar-refractivity contribution in [2.75, 3.05) is 30.9 Å². The van der Waals surface area contributed by atoms with Gasteiger partial charge in [-0.15, -0.1) is 0 Å². The van der Waals surface area contributed by atoms with Crippen LogP contribution in [-0.4, -0.2) is 82.0 Å². The van der Waals surface area contributed by atoms with Crippen LogP contribution in [0.25, 0.3) is 11.2 Å². The molecular weight excluding hydrogens is 749 g/mol. The number of nitrogens with zero attached hydrogens (tertiary/aromatic N) is 6. The highest BCUT2D eigenvalue weighted by molar-refractivity contribution is 8.44. The normalized spacial score (nSPS) is 33.9. The Morgan fingerprint density at radius 2 is 1.92 bits per heavy atom. The fraction of sp³-hybridized carbons (Fsp3) is 0.630. The minimum absolute atomic E-state index is 0.00679. The van der Waals surface area contributed by atoms with Crippen molar-refractivity contribution in [1.29, 1.82) is 5.26 Å². The van der Waals surface area contributed by atoms with Gasteiger partial charge in [0.1, 0.15) is 36.0 Å². The van der Waals surface area contributed by atoms with Crippen LogP contribution in [0, 0.1) is 17.2 Å². The van der Waals surface area contributed by atoms with Gasteiger partial charge >= 0.3 is 13.6 Å². The second-order valence-electron chi connectivity index (χ2n) is 14.0. The summed E-state index contributed by atoms with van der Waals surface area (Å²) in [6.45, 7) is 0.845. The molecule has 18 nitrogen and oxygen atoms in total. The van der Waals surface area contributed by atoms with E-state index in [1.165, 1.54) is 23.4 Å². The molecule has 2 bridgehead atoms. The molecule has 3 aliphatic rings. The topological polar surface area (TPSA) is 241 Å². The van der Waals surface area contributed by atoms with Gasteiger partial charge < -0.3 is 24.7 Å². The number of nitrogens with two attached hydrogens (primary N) is 1. The maximum absolute atomic E-state index is 14.4. The molecule has 0 aromatic carbocycles. The zero-order valence-corrected chi connectivity index (χ0v) is 32.5. The second-order valence-corrected chi connectivity index (χ2v) is 24.4. The van der Waals surface area contributed by atoms with Crippen molar-refractivity contribution in [2.24, 2.45) is 5.92 Å². The number of hydrogen-bond acceptors (Lipinski definition) is 16. The van der Waals surface area contributed by atoms with E-state index in [1.807, 2.05) is 39.9 Å². The number of anilines is 2. The van der Waals surface area contributed by atoms with Gasteiger partial charge in [0.15, 0.2) is 19.5 Å². The van der Waals surface area contributed by atoms with E-state index >= 15 is 0 Å². The predicted octanol–water partition coefficient (Wildman–Crippen LogP) is 4.22. The number of nitrogen functional groups attached to an aromatic ring is 1. The first-order valence-electron chi connectivity index (χ1n) is 15.7. The smallest absolute Gasteiger partial charge is 0.388 e. The Bertz CT molecular complexity index is 1970. The van der Waals surface area contributed by atoms with Crippen molar-refractivity contribution >= 4 is 69.3 Å². The average Bonchev–Trinajstić information content (AvgIpc) is 3.70. The number of aromatic nitrogens is 6.